The van der Waals surface area contributed by atoms with Gasteiger partial charge in [-0.2, -0.15) is 5.10 Å². The van der Waals surface area contributed by atoms with Crippen molar-refractivity contribution in [3.05, 3.63) is 24.2 Å². The van der Waals surface area contributed by atoms with Crippen molar-refractivity contribution >= 4 is 17.6 Å². The van der Waals surface area contributed by atoms with Crippen LogP contribution in [0.2, 0.25) is 0 Å². The molecule has 0 aliphatic carbocycles. The minimum Gasteiger partial charge on any atom is -0.391 e. The van der Waals surface area contributed by atoms with Crippen LogP contribution in [-0.4, -0.2) is 85.2 Å². The number of nitrogens with one attached hydrogen (secondary N) is 2. The molecule has 0 aromatic carbocycles. The first-order chi connectivity index (χ1) is 14.5. The molecule has 0 spiro atoms. The molecule has 10 heteroatoms. The molecule has 2 fully saturated rings. The molecule has 0 saturated carbocycles. The summed E-state index contributed by atoms with van der Waals surface area (Å²) in [7, 11) is 0. The Balaban J connectivity index is 1.56. The molecule has 30 heavy (non-hydrogen) atoms. The molecule has 1 atom stereocenters. The van der Waals surface area contributed by atoms with Crippen LogP contribution in [0.3, 0.4) is 0 Å². The second kappa shape index (κ2) is 8.78. The zero-order chi connectivity index (χ0) is 21.1. The first-order valence-corrected chi connectivity index (χ1v) is 10.4. The van der Waals surface area contributed by atoms with E-state index in [-0.39, 0.29) is 17.9 Å². The first kappa shape index (κ1) is 20.3. The number of β-amino-alcohol motifs (C(OH)–C–C–N with tert-alkyl or cyclic N) is 1. The van der Waals surface area contributed by atoms with Crippen LogP contribution in [-0.2, 0) is 4.79 Å². The van der Waals surface area contributed by atoms with Gasteiger partial charge in [-0.3, -0.25) is 14.7 Å². The highest BCUT2D eigenvalue weighted by atomic mass is 16.3. The molecule has 2 amide bonds. The molecule has 0 radical (unpaired) electrons. The Kier molecular flexibility index (Phi) is 5.93. The van der Waals surface area contributed by atoms with Gasteiger partial charge in [-0.05, 0) is 25.7 Å². The predicted molar refractivity (Wildman–Crippen MR) is 110 cm³/mol. The van der Waals surface area contributed by atoms with E-state index >= 15 is 0 Å². The number of anilines is 1. The molecule has 2 aromatic heterocycles. The normalized spacial score (nSPS) is 20.3. The monoisotopic (exact) mass is 413 g/mol. The van der Waals surface area contributed by atoms with Gasteiger partial charge in [0.15, 0.2) is 5.82 Å². The molecule has 0 bridgehead atoms. The van der Waals surface area contributed by atoms with Crippen LogP contribution >= 0.6 is 0 Å². The van der Waals surface area contributed by atoms with Gasteiger partial charge in [-0.15, -0.1) is 0 Å². The summed E-state index contributed by atoms with van der Waals surface area (Å²) >= 11 is 0. The fourth-order valence-corrected chi connectivity index (χ4v) is 3.98. The number of piperidine rings is 2. The van der Waals surface area contributed by atoms with Gasteiger partial charge >= 0.3 is 0 Å². The van der Waals surface area contributed by atoms with E-state index < -0.39 is 6.10 Å². The molecular formula is C20H27N7O3. The minimum absolute atomic E-state index is 0.0920. The zero-order valence-corrected chi connectivity index (χ0v) is 17.0. The van der Waals surface area contributed by atoms with Gasteiger partial charge in [0.25, 0.3) is 5.91 Å². The van der Waals surface area contributed by atoms with Gasteiger partial charge in [0.1, 0.15) is 11.5 Å². The summed E-state index contributed by atoms with van der Waals surface area (Å²) in [6.45, 7) is 3.91. The van der Waals surface area contributed by atoms with E-state index in [1.54, 1.807) is 30.3 Å². The van der Waals surface area contributed by atoms with Gasteiger partial charge < -0.3 is 20.2 Å². The van der Waals surface area contributed by atoms with E-state index in [1.807, 2.05) is 4.90 Å². The molecule has 10 nitrogen and oxygen atoms in total. The number of carbonyl (C=O) groups is 2. The summed E-state index contributed by atoms with van der Waals surface area (Å²) < 4.78 is 0. The third-order valence-electron chi connectivity index (χ3n) is 5.68. The van der Waals surface area contributed by atoms with Crippen molar-refractivity contribution in [3.63, 3.8) is 0 Å². The van der Waals surface area contributed by atoms with Crippen LogP contribution < -0.4 is 5.32 Å². The first-order valence-electron chi connectivity index (χ1n) is 10.4. The SMILES string of the molecule is CC(=O)N1CCC(Nc2cc(C(=O)N3CCCC(O)C3)nc(-c3cn[nH]c3)n2)CC1. The Morgan fingerprint density at radius 3 is 2.63 bits per heavy atom. The molecule has 2 aliphatic heterocycles. The van der Waals surface area contributed by atoms with Crippen molar-refractivity contribution in [1.82, 2.24) is 30.0 Å². The highest BCUT2D eigenvalue weighted by Crippen LogP contribution is 2.22. The minimum atomic E-state index is -0.498. The lowest BCUT2D eigenvalue weighted by atomic mass is 10.0. The Morgan fingerprint density at radius 1 is 1.17 bits per heavy atom. The fraction of sp³-hybridized carbons (Fsp3) is 0.550. The summed E-state index contributed by atoms with van der Waals surface area (Å²) in [5.41, 5.74) is 0.983. The maximum Gasteiger partial charge on any atom is 0.272 e. The molecule has 2 saturated heterocycles. The van der Waals surface area contributed by atoms with E-state index in [0.29, 0.717) is 55.5 Å². The van der Waals surface area contributed by atoms with Gasteiger partial charge in [-0.25, -0.2) is 9.97 Å². The fourth-order valence-electron chi connectivity index (χ4n) is 3.98. The van der Waals surface area contributed by atoms with E-state index in [1.165, 1.54) is 0 Å². The largest absolute Gasteiger partial charge is 0.391 e. The van der Waals surface area contributed by atoms with Crippen molar-refractivity contribution < 1.29 is 14.7 Å². The highest BCUT2D eigenvalue weighted by molar-refractivity contribution is 5.93. The molecule has 3 N–H and O–H groups in total. The molecule has 2 aromatic rings. The summed E-state index contributed by atoms with van der Waals surface area (Å²) in [6, 6.07) is 1.83. The summed E-state index contributed by atoms with van der Waals surface area (Å²) in [5.74, 6) is 0.865. The maximum absolute atomic E-state index is 13.1. The lowest BCUT2D eigenvalue weighted by molar-refractivity contribution is -0.129. The molecular weight excluding hydrogens is 386 g/mol. The van der Waals surface area contributed by atoms with Crippen molar-refractivity contribution in [2.24, 2.45) is 0 Å². The number of H-pyrrole nitrogens is 1. The van der Waals surface area contributed by atoms with Gasteiger partial charge in [0.2, 0.25) is 5.91 Å². The van der Waals surface area contributed by atoms with E-state index in [0.717, 1.165) is 19.3 Å². The molecule has 2 aliphatic rings. The number of amides is 2. The van der Waals surface area contributed by atoms with E-state index in [9.17, 15) is 14.7 Å². The summed E-state index contributed by atoms with van der Waals surface area (Å²) in [5, 5.41) is 20.0. The van der Waals surface area contributed by atoms with Gasteiger partial charge in [0.05, 0.1) is 17.9 Å². The van der Waals surface area contributed by atoms with Crippen molar-refractivity contribution in [2.75, 3.05) is 31.5 Å². The summed E-state index contributed by atoms with van der Waals surface area (Å²) in [6.07, 6.45) is 5.90. The molecule has 160 valence electrons. The second-order valence-corrected chi connectivity index (χ2v) is 7.92. The Morgan fingerprint density at radius 2 is 1.97 bits per heavy atom. The smallest absolute Gasteiger partial charge is 0.272 e. The lowest BCUT2D eigenvalue weighted by Gasteiger charge is -2.32. The number of nitrogens with zero attached hydrogens (tertiary/aromatic N) is 5. The molecule has 4 rings (SSSR count). The second-order valence-electron chi connectivity index (χ2n) is 7.92. The van der Waals surface area contributed by atoms with Crippen LogP contribution in [0.15, 0.2) is 18.5 Å². The average Bonchev–Trinajstić information content (AvgIpc) is 3.28. The molecule has 1 unspecified atom stereocenters. The Bertz CT molecular complexity index is 894. The van der Waals surface area contributed by atoms with Crippen LogP contribution in [0.1, 0.15) is 43.1 Å². The average molecular weight is 413 g/mol. The van der Waals surface area contributed by atoms with Gasteiger partial charge in [-0.1, -0.05) is 0 Å². The van der Waals surface area contributed by atoms with Gasteiger partial charge in [0, 0.05) is 51.4 Å². The molecule has 4 heterocycles. The van der Waals surface area contributed by atoms with Crippen LogP contribution in [0.5, 0.6) is 0 Å². The number of carbonyl (C=O) groups excluding carboxylic acids is 2. The van der Waals surface area contributed by atoms with E-state index in [4.69, 9.17) is 0 Å². The van der Waals surface area contributed by atoms with Crippen molar-refractivity contribution in [2.45, 2.75) is 44.8 Å². The van der Waals surface area contributed by atoms with Crippen molar-refractivity contribution in [3.8, 4) is 11.4 Å². The number of hydrogen-bond acceptors (Lipinski definition) is 7. The number of hydrogen-bond donors (Lipinski definition) is 3. The zero-order valence-electron chi connectivity index (χ0n) is 17.0. The summed E-state index contributed by atoms with van der Waals surface area (Å²) in [4.78, 5) is 37.1. The predicted octanol–water partition coefficient (Wildman–Crippen LogP) is 0.886. The Labute approximate surface area is 174 Å². The quantitative estimate of drug-likeness (QED) is 0.679. The third kappa shape index (κ3) is 4.59. The number of aromatic nitrogens is 4. The van der Waals surface area contributed by atoms with Crippen LogP contribution in [0.25, 0.3) is 11.4 Å². The number of aromatic amines is 1. The number of likely N-dealkylation sites (tertiary alicyclic amines) is 2. The van der Waals surface area contributed by atoms with E-state index in [2.05, 4.69) is 25.5 Å². The maximum atomic E-state index is 13.1. The van der Waals surface area contributed by atoms with Crippen LogP contribution in [0.4, 0.5) is 5.82 Å². The standard InChI is InChI=1S/C20H27N7O3/c1-13(28)26-7-4-15(5-8-26)23-18-9-17(20(30)27-6-2-3-16(29)12-27)24-19(25-18)14-10-21-22-11-14/h9-11,15-16,29H,2-8,12H2,1H3,(H,21,22)(H,23,24,25). The van der Waals surface area contributed by atoms with Crippen LogP contribution in [0, 0.1) is 0 Å². The topological polar surface area (TPSA) is 127 Å². The third-order valence-corrected chi connectivity index (χ3v) is 5.68. The number of aliphatic hydroxyl groups excluding tert-OH is 1. The van der Waals surface area contributed by atoms with Crippen molar-refractivity contribution in [1.29, 1.82) is 0 Å². The Hall–Kier alpha value is -3.01. The highest BCUT2D eigenvalue weighted by Gasteiger charge is 2.26. The number of rotatable bonds is 4. The number of aliphatic hydroxyl groups is 1. The lowest BCUT2D eigenvalue weighted by Crippen LogP contribution is -2.42.